The largest absolute Gasteiger partial charge is 0.486 e. The third-order valence-corrected chi connectivity index (χ3v) is 3.19. The third-order valence-electron chi connectivity index (χ3n) is 3.19. The molecule has 0 spiro atoms. The first-order chi connectivity index (χ1) is 7.89. The van der Waals surface area contributed by atoms with E-state index in [0.717, 1.165) is 6.42 Å². The summed E-state index contributed by atoms with van der Waals surface area (Å²) in [5.74, 6) is 1.94. The lowest BCUT2D eigenvalue weighted by molar-refractivity contribution is -0.0285. The van der Waals surface area contributed by atoms with Crippen LogP contribution in [0.4, 0.5) is 0 Å². The van der Waals surface area contributed by atoms with Gasteiger partial charge in [-0.3, -0.25) is 0 Å². The lowest BCUT2D eigenvalue weighted by atomic mass is 9.90. The van der Waals surface area contributed by atoms with Gasteiger partial charge in [0.15, 0.2) is 0 Å². The molecule has 1 fully saturated rings. The summed E-state index contributed by atoms with van der Waals surface area (Å²) >= 11 is 0. The summed E-state index contributed by atoms with van der Waals surface area (Å²) < 4.78 is 21.6. The van der Waals surface area contributed by atoms with E-state index in [0.29, 0.717) is 13.4 Å². The Morgan fingerprint density at radius 1 is 1.12 bits per heavy atom. The zero-order valence-corrected chi connectivity index (χ0v) is 11.5. The van der Waals surface area contributed by atoms with Crippen molar-refractivity contribution in [3.63, 3.8) is 0 Å². The summed E-state index contributed by atoms with van der Waals surface area (Å²) in [4.78, 5) is 0. The molecule has 0 unspecified atom stereocenters. The Kier molecular flexibility index (Phi) is 5.19. The van der Waals surface area contributed by atoms with Gasteiger partial charge in [0.2, 0.25) is 0 Å². The van der Waals surface area contributed by atoms with E-state index in [9.17, 15) is 0 Å². The summed E-state index contributed by atoms with van der Waals surface area (Å²) in [5.41, 5.74) is -0.539. The molecule has 0 bridgehead atoms. The minimum atomic E-state index is -0.269. The summed E-state index contributed by atoms with van der Waals surface area (Å²) in [5, 5.41) is 0. The van der Waals surface area contributed by atoms with Crippen LogP contribution in [-0.2, 0) is 18.8 Å². The maximum Gasteiger partial charge on any atom is 0.486 e. The fourth-order valence-electron chi connectivity index (χ4n) is 1.47. The summed E-state index contributed by atoms with van der Waals surface area (Å²) in [6, 6.07) is 0. The van der Waals surface area contributed by atoms with Gasteiger partial charge in [0.25, 0.3) is 0 Å². The molecule has 4 nitrogen and oxygen atoms in total. The molecule has 1 heterocycles. The van der Waals surface area contributed by atoms with Crippen molar-refractivity contribution in [1.82, 2.24) is 0 Å². The number of hydrogen-bond acceptors (Lipinski definition) is 4. The average molecular weight is 242 g/mol. The van der Waals surface area contributed by atoms with E-state index in [2.05, 4.69) is 0 Å². The van der Waals surface area contributed by atoms with E-state index >= 15 is 0 Å². The predicted octanol–water partition coefficient (Wildman–Crippen LogP) is 2.18. The smallest absolute Gasteiger partial charge is 0.400 e. The molecule has 0 saturated carbocycles. The van der Waals surface area contributed by atoms with Gasteiger partial charge >= 0.3 is 7.12 Å². The molecule has 0 radical (unpaired) electrons. The minimum absolute atomic E-state index is 0.262. The van der Waals surface area contributed by atoms with Crippen LogP contribution in [0.2, 0.25) is 0 Å². The molecule has 0 atom stereocenters. The first kappa shape index (κ1) is 14.7. The third kappa shape index (κ3) is 4.10. The summed E-state index contributed by atoms with van der Waals surface area (Å²) in [7, 11) is 1.35. The number of rotatable bonds is 6. The van der Waals surface area contributed by atoms with Crippen LogP contribution in [0.3, 0.4) is 0 Å². The van der Waals surface area contributed by atoms with E-state index in [-0.39, 0.29) is 18.3 Å². The van der Waals surface area contributed by atoms with Gasteiger partial charge < -0.3 is 18.8 Å². The molecule has 0 aromatic heterocycles. The highest BCUT2D eigenvalue weighted by molar-refractivity contribution is 6.51. The summed E-state index contributed by atoms with van der Waals surface area (Å²) in [6.07, 6.45) is 2.84. The molecule has 1 rings (SSSR count). The van der Waals surface area contributed by atoms with Gasteiger partial charge in [-0.05, 0) is 34.1 Å². The van der Waals surface area contributed by atoms with Gasteiger partial charge in [-0.2, -0.15) is 0 Å². The Bertz CT molecular complexity index is 247. The van der Waals surface area contributed by atoms with Crippen molar-refractivity contribution in [3.8, 4) is 0 Å². The topological polar surface area (TPSA) is 36.9 Å². The standard InChI is InChI=1S/C12H23BO4/c1-11(2)12(3,4)17-13(16-11)8-6-7-9-15-10-14-5/h6,8H,7,9-10H2,1-5H3/b8-6+. The Morgan fingerprint density at radius 2 is 1.71 bits per heavy atom. The van der Waals surface area contributed by atoms with E-state index in [4.69, 9.17) is 18.8 Å². The van der Waals surface area contributed by atoms with Crippen LogP contribution in [0.15, 0.2) is 12.1 Å². The molecule has 0 aliphatic carbocycles. The second-order valence-corrected chi connectivity index (χ2v) is 5.16. The van der Waals surface area contributed by atoms with Crippen LogP contribution in [0.1, 0.15) is 34.1 Å². The fourth-order valence-corrected chi connectivity index (χ4v) is 1.47. The van der Waals surface area contributed by atoms with Gasteiger partial charge in [-0.1, -0.05) is 12.1 Å². The van der Waals surface area contributed by atoms with Gasteiger partial charge in [0.05, 0.1) is 17.8 Å². The van der Waals surface area contributed by atoms with Gasteiger partial charge in [0.1, 0.15) is 6.79 Å². The molecular weight excluding hydrogens is 219 g/mol. The van der Waals surface area contributed by atoms with Crippen molar-refractivity contribution in [2.75, 3.05) is 20.5 Å². The van der Waals surface area contributed by atoms with Crippen LogP contribution in [0.25, 0.3) is 0 Å². The highest BCUT2D eigenvalue weighted by Gasteiger charge is 2.49. The fraction of sp³-hybridized carbons (Fsp3) is 0.833. The van der Waals surface area contributed by atoms with Crippen molar-refractivity contribution >= 4 is 7.12 Å². The Balaban J connectivity index is 2.28. The molecule has 98 valence electrons. The molecule has 0 N–H and O–H groups in total. The molecule has 0 aromatic carbocycles. The Hall–Kier alpha value is -0.355. The van der Waals surface area contributed by atoms with Crippen molar-refractivity contribution in [2.45, 2.75) is 45.3 Å². The first-order valence-corrected chi connectivity index (χ1v) is 5.98. The van der Waals surface area contributed by atoms with Gasteiger partial charge in [0, 0.05) is 7.11 Å². The predicted molar refractivity (Wildman–Crippen MR) is 67.7 cm³/mol. The maximum atomic E-state index is 5.82. The second-order valence-electron chi connectivity index (χ2n) is 5.16. The van der Waals surface area contributed by atoms with E-state index in [1.54, 1.807) is 7.11 Å². The first-order valence-electron chi connectivity index (χ1n) is 5.98. The molecule has 5 heteroatoms. The lowest BCUT2D eigenvalue weighted by Gasteiger charge is -2.32. The number of hydrogen-bond donors (Lipinski definition) is 0. The van der Waals surface area contributed by atoms with Crippen molar-refractivity contribution in [1.29, 1.82) is 0 Å². The van der Waals surface area contributed by atoms with E-state index in [1.165, 1.54) is 0 Å². The molecule has 0 amide bonds. The highest BCUT2D eigenvalue weighted by Crippen LogP contribution is 2.36. The molecule has 1 aliphatic rings. The van der Waals surface area contributed by atoms with Crippen LogP contribution >= 0.6 is 0 Å². The SMILES string of the molecule is COCOCC/C=C/B1OC(C)(C)C(C)(C)O1. The maximum absolute atomic E-state index is 5.82. The van der Waals surface area contributed by atoms with E-state index in [1.807, 2.05) is 39.7 Å². The van der Waals surface area contributed by atoms with Crippen molar-refractivity contribution in [2.24, 2.45) is 0 Å². The van der Waals surface area contributed by atoms with Crippen LogP contribution < -0.4 is 0 Å². The molecule has 0 aromatic rings. The quantitative estimate of drug-likeness (QED) is 0.406. The van der Waals surface area contributed by atoms with Crippen LogP contribution in [0.5, 0.6) is 0 Å². The summed E-state index contributed by atoms with van der Waals surface area (Å²) in [6.45, 7) is 9.16. The number of methoxy groups -OCH3 is 1. The van der Waals surface area contributed by atoms with E-state index < -0.39 is 0 Å². The Morgan fingerprint density at radius 3 is 2.24 bits per heavy atom. The average Bonchev–Trinajstić information content (AvgIpc) is 2.41. The van der Waals surface area contributed by atoms with Crippen LogP contribution in [-0.4, -0.2) is 38.8 Å². The molecule has 1 saturated heterocycles. The number of ether oxygens (including phenoxy) is 2. The monoisotopic (exact) mass is 242 g/mol. The van der Waals surface area contributed by atoms with Gasteiger partial charge in [-0.15, -0.1) is 0 Å². The Labute approximate surface area is 104 Å². The molecule has 17 heavy (non-hydrogen) atoms. The van der Waals surface area contributed by atoms with Crippen molar-refractivity contribution in [3.05, 3.63) is 12.1 Å². The van der Waals surface area contributed by atoms with Gasteiger partial charge in [-0.25, -0.2) is 0 Å². The normalized spacial score (nSPS) is 22.5. The molecule has 1 aliphatic heterocycles. The van der Waals surface area contributed by atoms with Crippen LogP contribution in [0, 0.1) is 0 Å². The zero-order chi connectivity index (χ0) is 12.9. The highest BCUT2D eigenvalue weighted by atomic mass is 16.7. The van der Waals surface area contributed by atoms with Crippen molar-refractivity contribution < 1.29 is 18.8 Å². The minimum Gasteiger partial charge on any atom is -0.400 e. The zero-order valence-electron chi connectivity index (χ0n) is 11.5. The lowest BCUT2D eigenvalue weighted by Crippen LogP contribution is -2.41. The second kappa shape index (κ2) is 6.00. The molecular formula is C12H23BO4.